The molecular weight excluding hydrogens is 314 g/mol. The van der Waals surface area contributed by atoms with E-state index in [9.17, 15) is 4.79 Å². The van der Waals surface area contributed by atoms with Crippen LogP contribution in [0.3, 0.4) is 0 Å². The maximum absolute atomic E-state index is 12.1. The van der Waals surface area contributed by atoms with Crippen LogP contribution in [0.2, 0.25) is 0 Å². The molecule has 1 aliphatic heterocycles. The Bertz CT molecular complexity index is 502. The molecule has 1 amide bonds. The number of alkyl halides is 1. The highest BCUT2D eigenvalue weighted by molar-refractivity contribution is 6.18. The van der Waals surface area contributed by atoms with Gasteiger partial charge >= 0.3 is 6.09 Å². The second kappa shape index (κ2) is 7.91. The molecule has 2 rings (SSSR count). The predicted molar refractivity (Wildman–Crippen MR) is 92.4 cm³/mol. The predicted octanol–water partition coefficient (Wildman–Crippen LogP) is 4.42. The number of nitrogens with zero attached hydrogens (tertiary/aromatic N) is 1. The van der Waals surface area contributed by atoms with Crippen LogP contribution in [0.4, 0.5) is 4.79 Å². The molecule has 0 spiro atoms. The average Bonchev–Trinajstić information content (AvgIpc) is 2.52. The number of likely N-dealkylation sites (tertiary alicyclic amines) is 1. The average molecular weight is 340 g/mol. The minimum Gasteiger partial charge on any atom is -0.492 e. The van der Waals surface area contributed by atoms with Crippen molar-refractivity contribution in [1.82, 2.24) is 4.90 Å². The van der Waals surface area contributed by atoms with Gasteiger partial charge in [0, 0.05) is 13.1 Å². The highest BCUT2D eigenvalue weighted by Gasteiger charge is 2.27. The number of hydrogen-bond donors (Lipinski definition) is 0. The highest BCUT2D eigenvalue weighted by atomic mass is 35.5. The minimum absolute atomic E-state index is 0.208. The molecule has 1 heterocycles. The maximum Gasteiger partial charge on any atom is 0.410 e. The van der Waals surface area contributed by atoms with Crippen molar-refractivity contribution in [1.29, 1.82) is 0 Å². The van der Waals surface area contributed by atoms with Crippen molar-refractivity contribution in [2.24, 2.45) is 0 Å². The molecule has 0 atom stereocenters. The molecule has 5 heteroatoms. The Morgan fingerprint density at radius 1 is 1.22 bits per heavy atom. The van der Waals surface area contributed by atoms with Gasteiger partial charge in [-0.25, -0.2) is 4.79 Å². The lowest BCUT2D eigenvalue weighted by Gasteiger charge is -2.33. The summed E-state index contributed by atoms with van der Waals surface area (Å²) >= 11 is 5.62. The number of benzene rings is 1. The number of carbonyl (C=O) groups is 1. The summed E-state index contributed by atoms with van der Waals surface area (Å²) in [5.74, 6) is 1.82. The van der Waals surface area contributed by atoms with Crippen LogP contribution in [0.1, 0.15) is 45.1 Å². The molecule has 128 valence electrons. The van der Waals surface area contributed by atoms with E-state index >= 15 is 0 Å². The number of hydrogen-bond acceptors (Lipinski definition) is 3. The second-order valence-electron chi connectivity index (χ2n) is 6.85. The standard InChI is InChI=1S/C18H26ClNO3/c1-18(2,3)23-17(21)20-11-8-15(9-12-20)14-4-6-16(7-5-14)22-13-10-19/h4-7,15H,8-13H2,1-3H3. The molecule has 4 nitrogen and oxygen atoms in total. The van der Waals surface area contributed by atoms with Crippen molar-refractivity contribution in [2.45, 2.75) is 45.1 Å². The molecule has 1 fully saturated rings. The first-order valence-electron chi connectivity index (χ1n) is 8.16. The summed E-state index contributed by atoms with van der Waals surface area (Å²) in [5, 5.41) is 0. The third-order valence-electron chi connectivity index (χ3n) is 3.84. The van der Waals surface area contributed by atoms with Gasteiger partial charge in [0.2, 0.25) is 0 Å². The van der Waals surface area contributed by atoms with E-state index in [1.807, 2.05) is 32.9 Å². The Kier molecular flexibility index (Phi) is 6.17. The molecule has 0 aromatic heterocycles. The topological polar surface area (TPSA) is 38.8 Å². The third-order valence-corrected chi connectivity index (χ3v) is 4.00. The van der Waals surface area contributed by atoms with Gasteiger partial charge in [-0.2, -0.15) is 0 Å². The van der Waals surface area contributed by atoms with E-state index in [-0.39, 0.29) is 6.09 Å². The van der Waals surface area contributed by atoms with Gasteiger partial charge in [-0.05, 0) is 57.2 Å². The summed E-state index contributed by atoms with van der Waals surface area (Å²) < 4.78 is 10.9. The van der Waals surface area contributed by atoms with Gasteiger partial charge in [0.15, 0.2) is 0 Å². The first-order valence-corrected chi connectivity index (χ1v) is 8.69. The van der Waals surface area contributed by atoms with E-state index < -0.39 is 5.60 Å². The number of carbonyl (C=O) groups excluding carboxylic acids is 1. The molecule has 1 aromatic rings. The minimum atomic E-state index is -0.438. The Labute approximate surface area is 143 Å². The van der Waals surface area contributed by atoms with Crippen molar-refractivity contribution in [3.8, 4) is 5.75 Å². The first kappa shape index (κ1) is 17.9. The second-order valence-corrected chi connectivity index (χ2v) is 7.23. The maximum atomic E-state index is 12.1. The SMILES string of the molecule is CC(C)(C)OC(=O)N1CCC(c2ccc(OCCCl)cc2)CC1. The van der Waals surface area contributed by atoms with Crippen molar-refractivity contribution >= 4 is 17.7 Å². The lowest BCUT2D eigenvalue weighted by Crippen LogP contribution is -2.41. The van der Waals surface area contributed by atoms with Crippen molar-refractivity contribution < 1.29 is 14.3 Å². The van der Waals surface area contributed by atoms with Crippen LogP contribution in [-0.2, 0) is 4.74 Å². The van der Waals surface area contributed by atoms with Gasteiger partial charge in [-0.15, -0.1) is 11.6 Å². The van der Waals surface area contributed by atoms with Gasteiger partial charge in [-0.3, -0.25) is 0 Å². The van der Waals surface area contributed by atoms with Crippen LogP contribution in [0.25, 0.3) is 0 Å². The number of ether oxygens (including phenoxy) is 2. The number of halogens is 1. The molecule has 1 aromatic carbocycles. The fourth-order valence-corrected chi connectivity index (χ4v) is 2.79. The van der Waals surface area contributed by atoms with Gasteiger partial charge in [0.05, 0.1) is 5.88 Å². The van der Waals surface area contributed by atoms with Crippen LogP contribution in [0.15, 0.2) is 24.3 Å². The lowest BCUT2D eigenvalue weighted by atomic mass is 9.89. The Morgan fingerprint density at radius 2 is 1.83 bits per heavy atom. The van der Waals surface area contributed by atoms with E-state index in [0.29, 0.717) is 18.4 Å². The molecular formula is C18H26ClNO3. The fraction of sp³-hybridized carbons (Fsp3) is 0.611. The molecule has 1 aliphatic rings. The molecule has 0 bridgehead atoms. The van der Waals surface area contributed by atoms with Gasteiger partial charge in [-0.1, -0.05) is 12.1 Å². The molecule has 1 saturated heterocycles. The summed E-state index contributed by atoms with van der Waals surface area (Å²) in [7, 11) is 0. The zero-order valence-corrected chi connectivity index (χ0v) is 14.9. The van der Waals surface area contributed by atoms with Gasteiger partial charge in [0.1, 0.15) is 18.0 Å². The molecule has 0 saturated carbocycles. The van der Waals surface area contributed by atoms with E-state index in [1.54, 1.807) is 4.90 Å². The van der Waals surface area contributed by atoms with Crippen molar-refractivity contribution in [2.75, 3.05) is 25.6 Å². The Morgan fingerprint density at radius 3 is 2.35 bits per heavy atom. The number of piperidine rings is 1. The fourth-order valence-electron chi connectivity index (χ4n) is 2.71. The monoisotopic (exact) mass is 339 g/mol. The zero-order valence-electron chi connectivity index (χ0n) is 14.2. The normalized spacial score (nSPS) is 16.3. The van der Waals surface area contributed by atoms with Crippen molar-refractivity contribution in [3.63, 3.8) is 0 Å². The summed E-state index contributed by atoms with van der Waals surface area (Å²) in [6.07, 6.45) is 1.71. The molecule has 0 N–H and O–H groups in total. The third kappa shape index (κ3) is 5.61. The van der Waals surface area contributed by atoms with E-state index in [0.717, 1.165) is 31.7 Å². The van der Waals surface area contributed by atoms with Crippen LogP contribution in [0.5, 0.6) is 5.75 Å². The molecule has 0 radical (unpaired) electrons. The van der Waals surface area contributed by atoms with Gasteiger partial charge in [0.25, 0.3) is 0 Å². The Balaban J connectivity index is 1.85. The van der Waals surface area contributed by atoms with Crippen LogP contribution < -0.4 is 4.74 Å². The van der Waals surface area contributed by atoms with E-state index in [1.165, 1.54) is 5.56 Å². The van der Waals surface area contributed by atoms with Crippen LogP contribution in [-0.4, -0.2) is 42.2 Å². The summed E-state index contributed by atoms with van der Waals surface area (Å²) in [4.78, 5) is 13.9. The first-order chi connectivity index (χ1) is 10.9. The number of rotatable bonds is 4. The molecule has 0 aliphatic carbocycles. The van der Waals surface area contributed by atoms with Crippen LogP contribution in [0, 0.1) is 0 Å². The summed E-state index contributed by atoms with van der Waals surface area (Å²) in [6.45, 7) is 7.69. The van der Waals surface area contributed by atoms with E-state index in [2.05, 4.69) is 12.1 Å². The zero-order chi connectivity index (χ0) is 16.9. The van der Waals surface area contributed by atoms with Crippen molar-refractivity contribution in [3.05, 3.63) is 29.8 Å². The Hall–Kier alpha value is -1.42. The smallest absolute Gasteiger partial charge is 0.410 e. The van der Waals surface area contributed by atoms with Crippen LogP contribution >= 0.6 is 11.6 Å². The quantitative estimate of drug-likeness (QED) is 0.762. The number of amides is 1. The molecule has 23 heavy (non-hydrogen) atoms. The summed E-state index contributed by atoms with van der Waals surface area (Å²) in [6, 6.07) is 8.19. The highest BCUT2D eigenvalue weighted by Crippen LogP contribution is 2.29. The molecule has 0 unspecified atom stereocenters. The van der Waals surface area contributed by atoms with E-state index in [4.69, 9.17) is 21.1 Å². The summed E-state index contributed by atoms with van der Waals surface area (Å²) in [5.41, 5.74) is 0.861. The largest absolute Gasteiger partial charge is 0.492 e. The van der Waals surface area contributed by atoms with Gasteiger partial charge < -0.3 is 14.4 Å². The lowest BCUT2D eigenvalue weighted by molar-refractivity contribution is 0.0205.